The zero-order valence-corrected chi connectivity index (χ0v) is 19.1. The maximum Gasteiger partial charge on any atom is 0.339 e. The lowest BCUT2D eigenvalue weighted by Gasteiger charge is -2.24. The van der Waals surface area contributed by atoms with E-state index in [0.29, 0.717) is 18.6 Å². The molecule has 2 aromatic heterocycles. The molecule has 0 aliphatic carbocycles. The fraction of sp³-hybridized carbons (Fsp3) is 0.259. The smallest absolute Gasteiger partial charge is 0.339 e. The quantitative estimate of drug-likeness (QED) is 0.353. The van der Waals surface area contributed by atoms with Crippen molar-refractivity contribution in [1.82, 2.24) is 4.57 Å². The van der Waals surface area contributed by atoms with E-state index in [0.717, 1.165) is 28.8 Å². The average molecular weight is 461 g/mol. The second kappa shape index (κ2) is 9.97. The zero-order chi connectivity index (χ0) is 24.1. The van der Waals surface area contributed by atoms with Crippen molar-refractivity contribution in [2.24, 2.45) is 5.73 Å². The van der Waals surface area contributed by atoms with Crippen molar-refractivity contribution in [2.75, 3.05) is 6.61 Å². The zero-order valence-electron chi connectivity index (χ0n) is 19.1. The molecule has 2 aromatic carbocycles. The van der Waals surface area contributed by atoms with Crippen LogP contribution in [0, 0.1) is 6.92 Å². The number of aryl methyl sites for hydroxylation is 2. The second-order valence-corrected chi connectivity index (χ2v) is 8.59. The summed E-state index contributed by atoms with van der Waals surface area (Å²) >= 11 is 0. The van der Waals surface area contributed by atoms with Crippen LogP contribution in [0.4, 0.5) is 0 Å². The van der Waals surface area contributed by atoms with Crippen LogP contribution in [0.3, 0.4) is 0 Å². The number of hydrogen-bond donors (Lipinski definition) is 2. The Bertz CT molecular complexity index is 1330. The molecule has 0 saturated heterocycles. The summed E-state index contributed by atoms with van der Waals surface area (Å²) in [5.41, 5.74) is 5.68. The van der Waals surface area contributed by atoms with Gasteiger partial charge in [0.1, 0.15) is 23.5 Å². The Balaban J connectivity index is 1.40. The monoisotopic (exact) mass is 460 g/mol. The lowest BCUT2D eigenvalue weighted by Crippen LogP contribution is -2.47. The number of nitrogens with two attached hydrogens (primary N) is 1. The summed E-state index contributed by atoms with van der Waals surface area (Å²) in [6, 6.07) is 18.5. The molecule has 2 heterocycles. The van der Waals surface area contributed by atoms with Crippen LogP contribution in [-0.2, 0) is 24.2 Å². The number of carbonyl (C=O) groups is 1. The van der Waals surface area contributed by atoms with Crippen molar-refractivity contribution in [2.45, 2.75) is 38.3 Å². The van der Waals surface area contributed by atoms with Crippen LogP contribution in [0.1, 0.15) is 23.1 Å². The summed E-state index contributed by atoms with van der Waals surface area (Å²) in [6.45, 7) is 3.23. The van der Waals surface area contributed by atoms with E-state index < -0.39 is 17.1 Å². The van der Waals surface area contributed by atoms with Gasteiger partial charge >= 0.3 is 5.63 Å². The average Bonchev–Trinajstić information content (AvgIpc) is 3.33. The SMILES string of the molecule is Cc1ccc2oc(=O)c(CC(O)(CCc3ccc(OCCn4cccc4)cc3)C(N)=O)cc2c1. The van der Waals surface area contributed by atoms with Gasteiger partial charge in [-0.3, -0.25) is 4.79 Å². The minimum Gasteiger partial charge on any atom is -0.492 e. The van der Waals surface area contributed by atoms with Crippen LogP contribution in [0.15, 0.2) is 82.3 Å². The maximum atomic E-state index is 12.4. The summed E-state index contributed by atoms with van der Waals surface area (Å²) in [5.74, 6) is -0.133. The van der Waals surface area contributed by atoms with E-state index in [-0.39, 0.29) is 18.4 Å². The van der Waals surface area contributed by atoms with Crippen molar-refractivity contribution in [3.63, 3.8) is 0 Å². The van der Waals surface area contributed by atoms with Crippen LogP contribution in [0.2, 0.25) is 0 Å². The summed E-state index contributed by atoms with van der Waals surface area (Å²) in [4.78, 5) is 24.6. The molecule has 7 nitrogen and oxygen atoms in total. The molecule has 0 bridgehead atoms. The first-order chi connectivity index (χ1) is 16.3. The van der Waals surface area contributed by atoms with Crippen molar-refractivity contribution in [3.05, 3.63) is 100 Å². The molecule has 0 aliphatic heterocycles. The second-order valence-electron chi connectivity index (χ2n) is 8.59. The van der Waals surface area contributed by atoms with E-state index in [2.05, 4.69) is 0 Å². The number of primary amides is 1. The first kappa shape index (κ1) is 23.3. The van der Waals surface area contributed by atoms with Gasteiger partial charge in [-0.2, -0.15) is 0 Å². The summed E-state index contributed by atoms with van der Waals surface area (Å²) in [6.07, 6.45) is 4.22. The van der Waals surface area contributed by atoms with Gasteiger partial charge < -0.3 is 24.6 Å². The number of amides is 1. The number of hydrogen-bond acceptors (Lipinski definition) is 5. The molecule has 34 heavy (non-hydrogen) atoms. The predicted octanol–water partition coefficient (Wildman–Crippen LogP) is 3.37. The number of benzene rings is 2. The van der Waals surface area contributed by atoms with E-state index in [9.17, 15) is 14.7 Å². The van der Waals surface area contributed by atoms with Crippen LogP contribution < -0.4 is 16.1 Å². The minimum absolute atomic E-state index is 0.0709. The van der Waals surface area contributed by atoms with Gasteiger partial charge in [0.2, 0.25) is 5.91 Å². The fourth-order valence-electron chi connectivity index (χ4n) is 3.91. The maximum absolute atomic E-state index is 12.4. The largest absolute Gasteiger partial charge is 0.492 e. The van der Waals surface area contributed by atoms with Gasteiger partial charge in [0.25, 0.3) is 0 Å². The molecule has 4 aromatic rings. The number of aliphatic hydroxyl groups is 1. The predicted molar refractivity (Wildman–Crippen MR) is 130 cm³/mol. The number of nitrogens with zero attached hydrogens (tertiary/aromatic N) is 1. The molecule has 0 saturated carbocycles. The minimum atomic E-state index is -1.88. The Morgan fingerprint density at radius 2 is 1.85 bits per heavy atom. The van der Waals surface area contributed by atoms with Gasteiger partial charge in [-0.25, -0.2) is 4.79 Å². The van der Waals surface area contributed by atoms with Crippen molar-refractivity contribution in [1.29, 1.82) is 0 Å². The van der Waals surface area contributed by atoms with Gasteiger partial charge in [-0.05, 0) is 67.8 Å². The number of rotatable bonds is 10. The number of carbonyl (C=O) groups excluding carboxylic acids is 1. The lowest BCUT2D eigenvalue weighted by atomic mass is 9.88. The lowest BCUT2D eigenvalue weighted by molar-refractivity contribution is -0.136. The van der Waals surface area contributed by atoms with Gasteiger partial charge in [0.05, 0.1) is 6.54 Å². The summed E-state index contributed by atoms with van der Waals surface area (Å²) in [7, 11) is 0. The molecule has 1 amide bonds. The third-order valence-corrected chi connectivity index (χ3v) is 5.94. The van der Waals surface area contributed by atoms with E-state index in [1.165, 1.54) is 0 Å². The van der Waals surface area contributed by atoms with Crippen molar-refractivity contribution in [3.8, 4) is 5.75 Å². The van der Waals surface area contributed by atoms with Crippen molar-refractivity contribution >= 4 is 16.9 Å². The highest BCUT2D eigenvalue weighted by molar-refractivity contribution is 5.84. The molecule has 3 N–H and O–H groups in total. The van der Waals surface area contributed by atoms with E-state index in [4.69, 9.17) is 14.9 Å². The van der Waals surface area contributed by atoms with Crippen LogP contribution in [0.5, 0.6) is 5.75 Å². The van der Waals surface area contributed by atoms with Crippen LogP contribution >= 0.6 is 0 Å². The van der Waals surface area contributed by atoms with E-state index in [1.54, 1.807) is 12.1 Å². The van der Waals surface area contributed by atoms with Gasteiger partial charge in [-0.15, -0.1) is 0 Å². The number of ether oxygens (including phenoxy) is 1. The highest BCUT2D eigenvalue weighted by Crippen LogP contribution is 2.23. The van der Waals surface area contributed by atoms with Crippen molar-refractivity contribution < 1.29 is 19.1 Å². The molecule has 7 heteroatoms. The first-order valence-electron chi connectivity index (χ1n) is 11.2. The Morgan fingerprint density at radius 3 is 2.56 bits per heavy atom. The molecule has 176 valence electrons. The highest BCUT2D eigenvalue weighted by Gasteiger charge is 2.35. The third kappa shape index (κ3) is 5.55. The molecule has 1 unspecified atom stereocenters. The third-order valence-electron chi connectivity index (χ3n) is 5.94. The van der Waals surface area contributed by atoms with Gasteiger partial charge in [0, 0.05) is 29.8 Å². The van der Waals surface area contributed by atoms with Crippen LogP contribution in [0.25, 0.3) is 11.0 Å². The Kier molecular flexibility index (Phi) is 6.84. The summed E-state index contributed by atoms with van der Waals surface area (Å²) < 4.78 is 13.2. The van der Waals surface area contributed by atoms with Crippen LogP contribution in [-0.4, -0.2) is 27.8 Å². The van der Waals surface area contributed by atoms with Gasteiger partial charge in [0.15, 0.2) is 0 Å². The molecule has 1 atom stereocenters. The van der Waals surface area contributed by atoms with Gasteiger partial charge in [-0.1, -0.05) is 23.8 Å². The Labute approximate surface area is 197 Å². The molecule has 0 fully saturated rings. The molecule has 0 radical (unpaired) electrons. The highest BCUT2D eigenvalue weighted by atomic mass is 16.5. The molecular formula is C27H28N2O5. The standard InChI is InChI=1S/C27H28N2O5/c1-19-4-9-24-21(16-19)17-22(25(30)34-24)18-27(32,26(28)31)11-10-20-5-7-23(8-6-20)33-15-14-29-12-2-3-13-29/h2-9,12-13,16-17,32H,10-11,14-15,18H2,1H3,(H2,28,31). The number of aromatic nitrogens is 1. The fourth-order valence-corrected chi connectivity index (χ4v) is 3.91. The molecule has 0 aliphatic rings. The van der Waals surface area contributed by atoms with E-state index in [1.807, 2.05) is 72.4 Å². The first-order valence-corrected chi connectivity index (χ1v) is 11.2. The molecule has 0 spiro atoms. The van der Waals surface area contributed by atoms with E-state index >= 15 is 0 Å². The number of fused-ring (bicyclic) bond motifs is 1. The Morgan fingerprint density at radius 1 is 1.12 bits per heavy atom. The Hall–Kier alpha value is -3.84. The molecular weight excluding hydrogens is 432 g/mol. The molecule has 4 rings (SSSR count). The normalized spacial score (nSPS) is 13.0. The summed E-state index contributed by atoms with van der Waals surface area (Å²) in [5, 5.41) is 11.8. The topological polar surface area (TPSA) is 108 Å².